The Balaban J connectivity index is 2.09. The number of carbonyl (C=O) groups is 4. The molecular formula is C14H14N2O6S4. The molecule has 2 amide bonds. The monoisotopic (exact) mass is 434 g/mol. The molecule has 0 aromatic rings. The summed E-state index contributed by atoms with van der Waals surface area (Å²) in [5.74, 6) is -2.79. The second-order valence-electron chi connectivity index (χ2n) is 5.30. The smallest absolute Gasteiger partial charge is 0.303 e. The molecule has 0 bridgehead atoms. The van der Waals surface area contributed by atoms with Crippen LogP contribution in [0.5, 0.6) is 0 Å². The van der Waals surface area contributed by atoms with Gasteiger partial charge in [0.2, 0.25) is 0 Å². The Morgan fingerprint density at radius 1 is 0.808 bits per heavy atom. The summed E-state index contributed by atoms with van der Waals surface area (Å²) in [5.41, 5.74) is 0. The third kappa shape index (κ3) is 4.81. The van der Waals surface area contributed by atoms with E-state index in [9.17, 15) is 19.2 Å². The Labute approximate surface area is 168 Å². The van der Waals surface area contributed by atoms with Crippen LogP contribution in [0.1, 0.15) is 25.7 Å². The fourth-order valence-electron chi connectivity index (χ4n) is 2.23. The first-order valence-electron chi connectivity index (χ1n) is 7.47. The van der Waals surface area contributed by atoms with Gasteiger partial charge in [0.15, 0.2) is 0 Å². The summed E-state index contributed by atoms with van der Waals surface area (Å²) < 4.78 is 0.540. The summed E-state index contributed by atoms with van der Waals surface area (Å²) in [6, 6.07) is 0. The lowest BCUT2D eigenvalue weighted by molar-refractivity contribution is -0.138. The van der Waals surface area contributed by atoms with Crippen molar-refractivity contribution >= 4 is 80.4 Å². The molecule has 8 nitrogen and oxygen atoms in total. The Morgan fingerprint density at radius 3 is 1.46 bits per heavy atom. The number of amides is 2. The number of aliphatic carboxylic acids is 2. The lowest BCUT2D eigenvalue weighted by Crippen LogP contribution is -2.31. The van der Waals surface area contributed by atoms with Crippen LogP contribution in [0.2, 0.25) is 0 Å². The van der Waals surface area contributed by atoms with Gasteiger partial charge < -0.3 is 10.2 Å². The highest BCUT2D eigenvalue weighted by molar-refractivity contribution is 8.29. The lowest BCUT2D eigenvalue weighted by atomic mass is 10.3. The molecule has 2 N–H and O–H groups in total. The highest BCUT2D eigenvalue weighted by Crippen LogP contribution is 2.42. The number of carbonyl (C=O) groups excluding carboxylic acids is 2. The summed E-state index contributed by atoms with van der Waals surface area (Å²) in [6.07, 6.45) is 0.340. The number of hydrogen-bond donors (Lipinski definition) is 2. The van der Waals surface area contributed by atoms with Crippen LogP contribution in [0.15, 0.2) is 9.81 Å². The summed E-state index contributed by atoms with van der Waals surface area (Å²) in [4.78, 5) is 49.2. The van der Waals surface area contributed by atoms with Gasteiger partial charge in [0, 0.05) is 25.9 Å². The predicted octanol–water partition coefficient (Wildman–Crippen LogP) is 1.65. The van der Waals surface area contributed by atoms with E-state index >= 15 is 0 Å². The molecule has 0 atom stereocenters. The van der Waals surface area contributed by atoms with E-state index in [1.165, 1.54) is 9.80 Å². The average molecular weight is 435 g/mol. The van der Waals surface area contributed by atoms with Gasteiger partial charge in [0.1, 0.15) is 8.64 Å². The largest absolute Gasteiger partial charge is 0.481 e. The zero-order chi connectivity index (χ0) is 19.4. The molecule has 2 saturated heterocycles. The van der Waals surface area contributed by atoms with Gasteiger partial charge in [-0.2, -0.15) is 0 Å². The molecule has 2 aliphatic rings. The van der Waals surface area contributed by atoms with Gasteiger partial charge in [0.05, 0.1) is 9.81 Å². The summed E-state index contributed by atoms with van der Waals surface area (Å²) in [5, 5.41) is 17.4. The van der Waals surface area contributed by atoms with Crippen LogP contribution in [0.3, 0.4) is 0 Å². The topological polar surface area (TPSA) is 115 Å². The predicted molar refractivity (Wildman–Crippen MR) is 105 cm³/mol. The van der Waals surface area contributed by atoms with E-state index in [-0.39, 0.29) is 57.2 Å². The zero-order valence-electron chi connectivity index (χ0n) is 13.3. The number of carboxylic acids is 2. The van der Waals surface area contributed by atoms with Crippen molar-refractivity contribution in [2.24, 2.45) is 0 Å². The van der Waals surface area contributed by atoms with E-state index in [4.69, 9.17) is 34.6 Å². The third-order valence-electron chi connectivity index (χ3n) is 3.45. The van der Waals surface area contributed by atoms with E-state index in [0.29, 0.717) is 0 Å². The second-order valence-corrected chi connectivity index (χ2v) is 8.59. The van der Waals surface area contributed by atoms with Gasteiger partial charge in [0.25, 0.3) is 11.8 Å². The van der Waals surface area contributed by atoms with Crippen LogP contribution in [0.4, 0.5) is 0 Å². The molecule has 26 heavy (non-hydrogen) atoms. The van der Waals surface area contributed by atoms with Crippen LogP contribution >= 0.6 is 48.0 Å². The molecular weight excluding hydrogens is 420 g/mol. The number of nitrogens with zero attached hydrogens (tertiary/aromatic N) is 2. The van der Waals surface area contributed by atoms with E-state index < -0.39 is 23.8 Å². The van der Waals surface area contributed by atoms with Crippen molar-refractivity contribution in [3.63, 3.8) is 0 Å². The van der Waals surface area contributed by atoms with Gasteiger partial charge in [-0.1, -0.05) is 48.0 Å². The number of carboxylic acid groups (broad SMARTS) is 2. The van der Waals surface area contributed by atoms with Crippen LogP contribution in [-0.4, -0.2) is 65.5 Å². The quantitative estimate of drug-likeness (QED) is 0.431. The fourth-order valence-corrected chi connectivity index (χ4v) is 5.00. The Morgan fingerprint density at radius 2 is 1.15 bits per heavy atom. The first-order chi connectivity index (χ1) is 12.2. The Bertz CT molecular complexity index is 675. The minimum atomic E-state index is -0.960. The van der Waals surface area contributed by atoms with Gasteiger partial charge >= 0.3 is 11.9 Å². The molecule has 2 rings (SSSR count). The number of thioether (sulfide) groups is 2. The summed E-state index contributed by atoms with van der Waals surface area (Å²) in [6.45, 7) is 0.332. The molecule has 2 aliphatic heterocycles. The highest BCUT2D eigenvalue weighted by Gasteiger charge is 2.41. The molecule has 0 radical (unpaired) electrons. The summed E-state index contributed by atoms with van der Waals surface area (Å²) >= 11 is 12.3. The number of thiocarbonyl (C=S) groups is 2. The SMILES string of the molecule is O=C(O)CCCN1C(=O)C(=C2SC(=S)N(CCCC(=O)O)C2=O)SC1=S. The first kappa shape index (κ1) is 20.8. The Hall–Kier alpha value is -1.50. The molecule has 140 valence electrons. The first-order valence-corrected chi connectivity index (χ1v) is 9.92. The van der Waals surface area contributed by atoms with E-state index in [1.54, 1.807) is 0 Å². The maximum Gasteiger partial charge on any atom is 0.303 e. The third-order valence-corrected chi connectivity index (χ3v) is 6.47. The van der Waals surface area contributed by atoms with Crippen molar-refractivity contribution in [2.45, 2.75) is 25.7 Å². The minimum absolute atomic E-state index is 0.0852. The number of hydrogen-bond acceptors (Lipinski definition) is 8. The van der Waals surface area contributed by atoms with Crippen molar-refractivity contribution in [3.05, 3.63) is 9.81 Å². The second kappa shape index (κ2) is 8.93. The highest BCUT2D eigenvalue weighted by atomic mass is 32.2. The van der Waals surface area contributed by atoms with Gasteiger partial charge in [-0.15, -0.1) is 0 Å². The molecule has 2 heterocycles. The van der Waals surface area contributed by atoms with E-state index in [2.05, 4.69) is 0 Å². The molecule has 0 aliphatic carbocycles. The van der Waals surface area contributed by atoms with E-state index in [0.717, 1.165) is 23.5 Å². The molecule has 0 saturated carbocycles. The van der Waals surface area contributed by atoms with Crippen molar-refractivity contribution < 1.29 is 29.4 Å². The zero-order valence-corrected chi connectivity index (χ0v) is 16.6. The molecule has 0 aromatic heterocycles. The maximum atomic E-state index is 12.5. The van der Waals surface area contributed by atoms with Gasteiger partial charge in [-0.05, 0) is 12.8 Å². The molecule has 12 heteroatoms. The molecule has 0 spiro atoms. The van der Waals surface area contributed by atoms with Crippen LogP contribution < -0.4 is 0 Å². The Kier molecular flexibility index (Phi) is 7.15. The van der Waals surface area contributed by atoms with Crippen LogP contribution in [-0.2, 0) is 19.2 Å². The minimum Gasteiger partial charge on any atom is -0.481 e. The maximum absolute atomic E-state index is 12.5. The van der Waals surface area contributed by atoms with Crippen LogP contribution in [0.25, 0.3) is 0 Å². The van der Waals surface area contributed by atoms with Crippen molar-refractivity contribution in [3.8, 4) is 0 Å². The molecule has 0 unspecified atom stereocenters. The van der Waals surface area contributed by atoms with Gasteiger partial charge in [-0.3, -0.25) is 29.0 Å². The standard InChI is InChI=1S/C14H14N2O6S4/c17-7(18)3-1-5-15-11(21)9(25-13(15)23)10-12(22)16(14(24)26-10)6-2-4-8(19)20/h1-6H2,(H,17,18)(H,19,20). The van der Waals surface area contributed by atoms with Gasteiger partial charge in [-0.25, -0.2) is 0 Å². The lowest BCUT2D eigenvalue weighted by Gasteiger charge is -2.13. The molecule has 0 aromatic carbocycles. The normalized spacial score (nSPS) is 20.5. The van der Waals surface area contributed by atoms with Crippen molar-refractivity contribution in [1.82, 2.24) is 9.80 Å². The fraction of sp³-hybridized carbons (Fsp3) is 0.429. The van der Waals surface area contributed by atoms with Crippen LogP contribution in [0, 0.1) is 0 Å². The summed E-state index contributed by atoms with van der Waals surface area (Å²) in [7, 11) is 0. The van der Waals surface area contributed by atoms with Crippen molar-refractivity contribution in [2.75, 3.05) is 13.1 Å². The molecule has 2 fully saturated rings. The van der Waals surface area contributed by atoms with Crippen molar-refractivity contribution in [1.29, 1.82) is 0 Å². The average Bonchev–Trinajstić information content (AvgIpc) is 2.98. The number of rotatable bonds is 8. The van der Waals surface area contributed by atoms with E-state index in [1.807, 2.05) is 0 Å².